The van der Waals surface area contributed by atoms with Crippen LogP contribution in [0.25, 0.3) is 0 Å². The second kappa shape index (κ2) is 67.6. The number of ether oxygens (including phenoxy) is 1. The Balaban J connectivity index is 3.46. The van der Waals surface area contributed by atoms with Crippen molar-refractivity contribution in [3.63, 3.8) is 0 Å². The fourth-order valence-electron chi connectivity index (χ4n) is 11.0. The molecule has 0 saturated carbocycles. The highest BCUT2D eigenvalue weighted by atomic mass is 16.5. The van der Waals surface area contributed by atoms with E-state index in [4.69, 9.17) is 4.74 Å². The summed E-state index contributed by atoms with van der Waals surface area (Å²) in [5.74, 6) is -0.0566. The van der Waals surface area contributed by atoms with E-state index in [0.29, 0.717) is 25.9 Å². The summed E-state index contributed by atoms with van der Waals surface area (Å²) >= 11 is 0. The van der Waals surface area contributed by atoms with Gasteiger partial charge in [0.2, 0.25) is 5.91 Å². The van der Waals surface area contributed by atoms with E-state index in [1.54, 1.807) is 0 Å². The van der Waals surface area contributed by atoms with E-state index in [1.807, 2.05) is 0 Å². The average molecular weight is 1100 g/mol. The zero-order valence-corrected chi connectivity index (χ0v) is 52.7. The van der Waals surface area contributed by atoms with Gasteiger partial charge in [-0.2, -0.15) is 0 Å². The molecule has 0 saturated heterocycles. The quantitative estimate of drug-likeness (QED) is 0.0244. The van der Waals surface area contributed by atoms with Crippen LogP contribution in [-0.2, 0) is 14.3 Å². The average Bonchev–Trinajstić information content (AvgIpc) is 3.44. The highest BCUT2D eigenvalue weighted by Gasteiger charge is 2.20. The maximum atomic E-state index is 12.6. The van der Waals surface area contributed by atoms with Crippen LogP contribution in [0, 0.1) is 0 Å². The number of nitrogens with one attached hydrogen (secondary N) is 1. The molecule has 78 heavy (non-hydrogen) atoms. The molecule has 0 bridgehead atoms. The molecule has 1 amide bonds. The van der Waals surface area contributed by atoms with E-state index in [0.717, 1.165) is 70.6 Å². The summed E-state index contributed by atoms with van der Waals surface area (Å²) in [5, 5.41) is 23.4. The summed E-state index contributed by atoms with van der Waals surface area (Å²) in [6, 6.07) is -0.551. The van der Waals surface area contributed by atoms with E-state index in [1.165, 1.54) is 283 Å². The van der Waals surface area contributed by atoms with Crippen molar-refractivity contribution in [2.24, 2.45) is 0 Å². The van der Waals surface area contributed by atoms with Gasteiger partial charge in [-0.25, -0.2) is 0 Å². The molecule has 2 atom stereocenters. The molecule has 3 N–H and O–H groups in total. The Morgan fingerprint density at radius 2 is 0.641 bits per heavy atom. The van der Waals surface area contributed by atoms with E-state index in [9.17, 15) is 19.8 Å². The lowest BCUT2D eigenvalue weighted by Crippen LogP contribution is -2.45. The maximum absolute atomic E-state index is 12.6. The number of allylic oxidation sites excluding steroid dienone is 6. The Bertz CT molecular complexity index is 1260. The minimum Gasteiger partial charge on any atom is -0.466 e. The molecule has 0 heterocycles. The Kier molecular flexibility index (Phi) is 65.9. The molecule has 0 aromatic rings. The van der Waals surface area contributed by atoms with Crippen molar-refractivity contribution in [3.8, 4) is 0 Å². The summed E-state index contributed by atoms with van der Waals surface area (Å²) in [7, 11) is 0. The summed E-state index contributed by atoms with van der Waals surface area (Å²) in [6.45, 7) is 4.94. The van der Waals surface area contributed by atoms with Crippen molar-refractivity contribution in [3.05, 3.63) is 36.5 Å². The van der Waals surface area contributed by atoms with Crippen LogP contribution in [-0.4, -0.2) is 47.4 Å². The minimum atomic E-state index is -0.674. The fraction of sp³-hybridized carbons (Fsp3) is 0.889. The van der Waals surface area contributed by atoms with Gasteiger partial charge in [0.1, 0.15) is 0 Å². The molecule has 460 valence electrons. The van der Waals surface area contributed by atoms with Crippen LogP contribution in [0.4, 0.5) is 0 Å². The Labute approximate surface area is 487 Å². The number of amides is 1. The van der Waals surface area contributed by atoms with Gasteiger partial charge >= 0.3 is 5.97 Å². The van der Waals surface area contributed by atoms with Gasteiger partial charge in [0.25, 0.3) is 0 Å². The SMILES string of the molecule is CCCCCCCC/C=C\CCCCCCCCCC(=O)OCCCCC/C=C\C=C/CCCCCCCCCCCCC(=O)NC(CO)C(O)CCCCCCCCCCCCCCCCCCCCCCCCCCC. The number of aliphatic hydroxyl groups excluding tert-OH is 2. The van der Waals surface area contributed by atoms with Crippen LogP contribution >= 0.6 is 0 Å². The van der Waals surface area contributed by atoms with Crippen LogP contribution < -0.4 is 5.32 Å². The summed E-state index contributed by atoms with van der Waals surface area (Å²) < 4.78 is 5.47. The molecule has 6 heteroatoms. The third-order valence-electron chi connectivity index (χ3n) is 16.4. The topological polar surface area (TPSA) is 95.9 Å². The summed E-state index contributed by atoms with van der Waals surface area (Å²) in [6.07, 6.45) is 86.1. The first kappa shape index (κ1) is 76.1. The molecule has 0 radical (unpaired) electrons. The van der Waals surface area contributed by atoms with Gasteiger partial charge in [0, 0.05) is 12.8 Å². The number of hydrogen-bond acceptors (Lipinski definition) is 5. The molecule has 0 aliphatic rings. The Morgan fingerprint density at radius 3 is 0.987 bits per heavy atom. The van der Waals surface area contributed by atoms with Gasteiger partial charge in [0.15, 0.2) is 0 Å². The molecular weight excluding hydrogens is 959 g/mol. The van der Waals surface area contributed by atoms with Gasteiger partial charge < -0.3 is 20.3 Å². The summed E-state index contributed by atoms with van der Waals surface area (Å²) in [5.41, 5.74) is 0. The second-order valence-electron chi connectivity index (χ2n) is 24.2. The van der Waals surface area contributed by atoms with Gasteiger partial charge in [-0.15, -0.1) is 0 Å². The van der Waals surface area contributed by atoms with Gasteiger partial charge in [-0.05, 0) is 83.5 Å². The lowest BCUT2D eigenvalue weighted by Gasteiger charge is -2.22. The van der Waals surface area contributed by atoms with E-state index in [2.05, 4.69) is 55.6 Å². The zero-order valence-electron chi connectivity index (χ0n) is 52.7. The predicted octanol–water partition coefficient (Wildman–Crippen LogP) is 22.7. The summed E-state index contributed by atoms with van der Waals surface area (Å²) in [4.78, 5) is 24.6. The molecule has 0 aromatic heterocycles. The van der Waals surface area contributed by atoms with Crippen molar-refractivity contribution < 1.29 is 24.5 Å². The number of aliphatic hydroxyl groups is 2. The lowest BCUT2D eigenvalue weighted by molar-refractivity contribution is -0.143. The van der Waals surface area contributed by atoms with Crippen LogP contribution in [0.2, 0.25) is 0 Å². The first-order valence-corrected chi connectivity index (χ1v) is 35.3. The smallest absolute Gasteiger partial charge is 0.305 e. The number of rotatable bonds is 66. The van der Waals surface area contributed by atoms with Gasteiger partial charge in [-0.1, -0.05) is 326 Å². The maximum Gasteiger partial charge on any atom is 0.305 e. The predicted molar refractivity (Wildman–Crippen MR) is 343 cm³/mol. The number of carbonyl (C=O) groups is 2. The Hall–Kier alpha value is -1.92. The molecule has 0 spiro atoms. The minimum absolute atomic E-state index is 0.0158. The monoisotopic (exact) mass is 1100 g/mol. The largest absolute Gasteiger partial charge is 0.466 e. The molecule has 0 aliphatic carbocycles. The molecule has 6 nitrogen and oxygen atoms in total. The van der Waals surface area contributed by atoms with Crippen molar-refractivity contribution in [2.45, 2.75) is 398 Å². The van der Waals surface area contributed by atoms with E-state index in [-0.39, 0.29) is 18.5 Å². The van der Waals surface area contributed by atoms with Crippen molar-refractivity contribution in [1.29, 1.82) is 0 Å². The van der Waals surface area contributed by atoms with Crippen molar-refractivity contribution in [2.75, 3.05) is 13.2 Å². The van der Waals surface area contributed by atoms with Crippen LogP contribution in [0.15, 0.2) is 36.5 Å². The number of esters is 1. The number of carbonyl (C=O) groups excluding carboxylic acids is 2. The molecule has 0 aromatic carbocycles. The van der Waals surface area contributed by atoms with Gasteiger partial charge in [0.05, 0.1) is 25.4 Å². The van der Waals surface area contributed by atoms with Gasteiger partial charge in [-0.3, -0.25) is 9.59 Å². The van der Waals surface area contributed by atoms with Crippen molar-refractivity contribution in [1.82, 2.24) is 5.32 Å². The first-order valence-electron chi connectivity index (χ1n) is 35.3. The van der Waals surface area contributed by atoms with Crippen molar-refractivity contribution >= 4 is 11.9 Å². The molecule has 0 rings (SSSR count). The standard InChI is InChI=1S/C72H137NO5/c1-3-5-7-9-11-13-15-17-19-21-22-23-24-25-26-27-29-33-36-40-44-48-52-56-60-64-70(75)69(68-74)73-71(76)65-61-57-53-49-45-41-37-34-30-28-31-35-39-43-47-51-55-59-63-67-78-72(77)66-62-58-54-50-46-42-38-32-20-18-16-14-12-10-8-6-4-2/h18,20,35,39,43,47,69-70,74-75H,3-17,19,21-34,36-38,40-42,44-46,48-68H2,1-2H3,(H,73,76)/b20-18-,39-35-,47-43-. The highest BCUT2D eigenvalue weighted by molar-refractivity contribution is 5.76. The van der Waals surface area contributed by atoms with E-state index >= 15 is 0 Å². The fourth-order valence-corrected chi connectivity index (χ4v) is 11.0. The molecule has 2 unspecified atom stereocenters. The normalized spacial score (nSPS) is 12.7. The zero-order chi connectivity index (χ0) is 56.4. The molecule has 0 fully saturated rings. The van der Waals surface area contributed by atoms with Crippen LogP contribution in [0.3, 0.4) is 0 Å². The van der Waals surface area contributed by atoms with E-state index < -0.39 is 12.1 Å². The third kappa shape index (κ3) is 63.3. The number of hydrogen-bond donors (Lipinski definition) is 3. The third-order valence-corrected chi connectivity index (χ3v) is 16.4. The highest BCUT2D eigenvalue weighted by Crippen LogP contribution is 2.19. The Morgan fingerprint density at radius 1 is 0.359 bits per heavy atom. The van der Waals surface area contributed by atoms with Crippen LogP contribution in [0.1, 0.15) is 386 Å². The first-order chi connectivity index (χ1) is 38.5. The molecular formula is C72H137NO5. The molecule has 0 aliphatic heterocycles. The number of unbranched alkanes of at least 4 members (excludes halogenated alkanes) is 50. The lowest BCUT2D eigenvalue weighted by atomic mass is 10.0. The second-order valence-corrected chi connectivity index (χ2v) is 24.2. The van der Waals surface area contributed by atoms with Crippen LogP contribution in [0.5, 0.6) is 0 Å².